The molecule has 21 heavy (non-hydrogen) atoms. The van der Waals surface area contributed by atoms with Gasteiger partial charge in [0.05, 0.1) is 12.1 Å². The molecule has 1 heterocycles. The predicted octanol–water partition coefficient (Wildman–Crippen LogP) is 2.99. The molecule has 0 spiro atoms. The van der Waals surface area contributed by atoms with Crippen LogP contribution in [0.25, 0.3) is 0 Å². The summed E-state index contributed by atoms with van der Waals surface area (Å²) in [6.45, 7) is 4.69. The molecule has 2 aliphatic rings. The Morgan fingerprint density at radius 1 is 1.43 bits per heavy atom. The van der Waals surface area contributed by atoms with Gasteiger partial charge in [-0.2, -0.15) is 0 Å². The molecule has 4 heteroatoms. The Balaban J connectivity index is 1.75. The van der Waals surface area contributed by atoms with Gasteiger partial charge in [-0.15, -0.1) is 0 Å². The first kappa shape index (κ1) is 14.6. The highest BCUT2D eigenvalue weighted by atomic mass is 16.3. The predicted molar refractivity (Wildman–Crippen MR) is 81.6 cm³/mol. The van der Waals surface area contributed by atoms with E-state index in [1.807, 2.05) is 24.0 Å². The molecule has 0 aromatic carbocycles. The Morgan fingerprint density at radius 2 is 2.19 bits per heavy atom. The lowest BCUT2D eigenvalue weighted by Gasteiger charge is -2.39. The van der Waals surface area contributed by atoms with Crippen molar-refractivity contribution in [3.63, 3.8) is 0 Å². The van der Waals surface area contributed by atoms with Crippen LogP contribution in [0.1, 0.15) is 57.0 Å². The van der Waals surface area contributed by atoms with Crippen molar-refractivity contribution in [3.05, 3.63) is 23.7 Å². The molecule has 2 fully saturated rings. The molecular formula is C17H26N2O2. The molecule has 0 bridgehead atoms. The van der Waals surface area contributed by atoms with E-state index in [0.717, 1.165) is 43.6 Å². The third kappa shape index (κ3) is 3.15. The standard InChI is InChI=1S/C17H26N2O2/c1-12-4-3-9-17(18,10-12)16(20)19(14-6-7-14)11-15-8-5-13(2)21-15/h5,8,12,14H,3-4,6-7,9-11,18H2,1-2H3. The smallest absolute Gasteiger partial charge is 0.243 e. The zero-order valence-corrected chi connectivity index (χ0v) is 13.1. The number of carbonyl (C=O) groups excluding carboxylic acids is 1. The van der Waals surface area contributed by atoms with Gasteiger partial charge in [-0.3, -0.25) is 4.79 Å². The van der Waals surface area contributed by atoms with Gasteiger partial charge in [-0.1, -0.05) is 19.8 Å². The maximum atomic E-state index is 13.0. The van der Waals surface area contributed by atoms with Gasteiger partial charge in [0.2, 0.25) is 5.91 Å². The molecule has 0 radical (unpaired) electrons. The molecule has 0 aliphatic heterocycles. The van der Waals surface area contributed by atoms with E-state index in [0.29, 0.717) is 18.5 Å². The van der Waals surface area contributed by atoms with Crippen LogP contribution >= 0.6 is 0 Å². The van der Waals surface area contributed by atoms with Crippen LogP contribution in [0.3, 0.4) is 0 Å². The SMILES string of the molecule is Cc1ccc(CN(C(=O)C2(N)CCCC(C)C2)C2CC2)o1. The molecule has 2 atom stereocenters. The average Bonchev–Trinajstić information content (AvgIpc) is 3.18. The van der Waals surface area contributed by atoms with E-state index in [4.69, 9.17) is 10.2 Å². The number of amides is 1. The molecule has 2 saturated carbocycles. The zero-order valence-electron chi connectivity index (χ0n) is 13.1. The first-order valence-electron chi connectivity index (χ1n) is 8.13. The minimum Gasteiger partial charge on any atom is -0.464 e. The molecule has 1 aromatic heterocycles. The summed E-state index contributed by atoms with van der Waals surface area (Å²) in [5, 5.41) is 0. The highest BCUT2D eigenvalue weighted by Gasteiger charge is 2.44. The van der Waals surface area contributed by atoms with Crippen molar-refractivity contribution < 1.29 is 9.21 Å². The van der Waals surface area contributed by atoms with Crippen molar-refractivity contribution in [3.8, 4) is 0 Å². The van der Waals surface area contributed by atoms with Crippen molar-refractivity contribution >= 4 is 5.91 Å². The largest absolute Gasteiger partial charge is 0.464 e. The summed E-state index contributed by atoms with van der Waals surface area (Å²) in [5.74, 6) is 2.42. The number of hydrogen-bond acceptors (Lipinski definition) is 3. The molecule has 116 valence electrons. The minimum absolute atomic E-state index is 0.130. The van der Waals surface area contributed by atoms with Crippen LogP contribution in [-0.4, -0.2) is 22.4 Å². The van der Waals surface area contributed by atoms with Crippen LogP contribution < -0.4 is 5.73 Å². The first-order chi connectivity index (χ1) is 9.98. The summed E-state index contributed by atoms with van der Waals surface area (Å²) in [4.78, 5) is 15.0. The maximum absolute atomic E-state index is 13.0. The molecular weight excluding hydrogens is 264 g/mol. The molecule has 1 aromatic rings. The lowest BCUT2D eigenvalue weighted by Crippen LogP contribution is -2.57. The second kappa shape index (κ2) is 5.48. The van der Waals surface area contributed by atoms with E-state index in [-0.39, 0.29) is 5.91 Å². The van der Waals surface area contributed by atoms with Crippen LogP contribution in [0, 0.1) is 12.8 Å². The number of rotatable bonds is 4. The van der Waals surface area contributed by atoms with Crippen molar-refractivity contribution in [1.29, 1.82) is 0 Å². The van der Waals surface area contributed by atoms with Crippen LogP contribution in [0.4, 0.5) is 0 Å². The Bertz CT molecular complexity index is 521. The molecule has 2 N–H and O–H groups in total. The van der Waals surface area contributed by atoms with E-state index in [9.17, 15) is 4.79 Å². The molecule has 0 saturated heterocycles. The van der Waals surface area contributed by atoms with Crippen LogP contribution in [0.15, 0.2) is 16.5 Å². The Kier molecular flexibility index (Phi) is 3.82. The van der Waals surface area contributed by atoms with Crippen LogP contribution in [-0.2, 0) is 11.3 Å². The molecule has 2 unspecified atom stereocenters. The Hall–Kier alpha value is -1.29. The number of nitrogens with zero attached hydrogens (tertiary/aromatic N) is 1. The van der Waals surface area contributed by atoms with Crippen LogP contribution in [0.5, 0.6) is 0 Å². The third-order valence-electron chi connectivity index (χ3n) is 4.83. The fraction of sp³-hybridized carbons (Fsp3) is 0.706. The van der Waals surface area contributed by atoms with E-state index in [1.165, 1.54) is 6.42 Å². The number of nitrogens with two attached hydrogens (primary N) is 1. The van der Waals surface area contributed by atoms with E-state index in [2.05, 4.69) is 6.92 Å². The van der Waals surface area contributed by atoms with Crippen molar-refractivity contribution in [2.45, 2.75) is 70.5 Å². The van der Waals surface area contributed by atoms with Gasteiger partial charge < -0.3 is 15.1 Å². The summed E-state index contributed by atoms with van der Waals surface area (Å²) in [6, 6.07) is 4.27. The molecule has 3 rings (SSSR count). The van der Waals surface area contributed by atoms with Gasteiger partial charge in [0, 0.05) is 6.04 Å². The molecule has 2 aliphatic carbocycles. The Labute approximate surface area is 126 Å². The van der Waals surface area contributed by atoms with E-state index >= 15 is 0 Å². The number of aryl methyl sites for hydroxylation is 1. The lowest BCUT2D eigenvalue weighted by molar-refractivity contribution is -0.140. The summed E-state index contributed by atoms with van der Waals surface area (Å²) < 4.78 is 5.65. The first-order valence-corrected chi connectivity index (χ1v) is 8.13. The summed E-state index contributed by atoms with van der Waals surface area (Å²) in [6.07, 6.45) is 6.06. The highest BCUT2D eigenvalue weighted by Crippen LogP contribution is 2.36. The second-order valence-electron chi connectivity index (χ2n) is 7.03. The number of furan rings is 1. The van der Waals surface area contributed by atoms with Gasteiger partial charge in [0.1, 0.15) is 11.5 Å². The normalized spacial score (nSPS) is 29.4. The van der Waals surface area contributed by atoms with Crippen molar-refractivity contribution in [2.24, 2.45) is 11.7 Å². The highest BCUT2D eigenvalue weighted by molar-refractivity contribution is 5.86. The molecule has 1 amide bonds. The Morgan fingerprint density at radius 3 is 2.76 bits per heavy atom. The number of carbonyl (C=O) groups is 1. The molecule has 4 nitrogen and oxygen atoms in total. The summed E-state index contributed by atoms with van der Waals surface area (Å²) in [7, 11) is 0. The van der Waals surface area contributed by atoms with Crippen LogP contribution in [0.2, 0.25) is 0 Å². The van der Waals surface area contributed by atoms with Gasteiger partial charge in [-0.25, -0.2) is 0 Å². The summed E-state index contributed by atoms with van der Waals surface area (Å²) >= 11 is 0. The number of hydrogen-bond donors (Lipinski definition) is 1. The van der Waals surface area contributed by atoms with Gasteiger partial charge in [-0.05, 0) is 50.7 Å². The topological polar surface area (TPSA) is 59.5 Å². The van der Waals surface area contributed by atoms with Gasteiger partial charge >= 0.3 is 0 Å². The van der Waals surface area contributed by atoms with Gasteiger partial charge in [0.25, 0.3) is 0 Å². The monoisotopic (exact) mass is 290 g/mol. The third-order valence-corrected chi connectivity index (χ3v) is 4.83. The lowest BCUT2D eigenvalue weighted by atomic mass is 9.76. The van der Waals surface area contributed by atoms with Crippen molar-refractivity contribution in [1.82, 2.24) is 4.90 Å². The fourth-order valence-electron chi connectivity index (χ4n) is 3.56. The fourth-order valence-corrected chi connectivity index (χ4v) is 3.56. The van der Waals surface area contributed by atoms with Gasteiger partial charge in [0.15, 0.2) is 0 Å². The summed E-state index contributed by atoms with van der Waals surface area (Å²) in [5.41, 5.74) is 5.83. The maximum Gasteiger partial charge on any atom is 0.243 e. The zero-order chi connectivity index (χ0) is 15.0. The van der Waals surface area contributed by atoms with E-state index in [1.54, 1.807) is 0 Å². The van der Waals surface area contributed by atoms with E-state index < -0.39 is 5.54 Å². The average molecular weight is 290 g/mol. The second-order valence-corrected chi connectivity index (χ2v) is 7.03. The quantitative estimate of drug-likeness (QED) is 0.927. The minimum atomic E-state index is -0.665. The van der Waals surface area contributed by atoms with Crippen molar-refractivity contribution in [2.75, 3.05) is 0 Å².